The summed E-state index contributed by atoms with van der Waals surface area (Å²) in [6.45, 7) is 12.0. The number of aliphatic hydroxyl groups is 4. The summed E-state index contributed by atoms with van der Waals surface area (Å²) in [5.41, 5.74) is 1.08. The second-order valence-electron chi connectivity index (χ2n) is 8.59. The van der Waals surface area contributed by atoms with Crippen molar-refractivity contribution in [1.29, 1.82) is 0 Å². The molecule has 0 aromatic carbocycles. The molecule has 0 amide bonds. The molecular weight excluding hydrogens is 404 g/mol. The zero-order chi connectivity index (χ0) is 23.8. The van der Waals surface area contributed by atoms with Crippen LogP contribution < -0.4 is 0 Å². The normalized spacial score (nSPS) is 29.6. The van der Waals surface area contributed by atoms with E-state index in [1.807, 2.05) is 32.9 Å². The monoisotopic (exact) mass is 442 g/mol. The molecule has 0 aliphatic carbocycles. The minimum absolute atomic E-state index is 0.268. The minimum atomic E-state index is -1.51. The van der Waals surface area contributed by atoms with Crippen LogP contribution in [0.2, 0.25) is 0 Å². The highest BCUT2D eigenvalue weighted by atomic mass is 16.7. The number of carbonyl (C=O) groups excluding carboxylic acids is 1. The third kappa shape index (κ3) is 9.64. The van der Waals surface area contributed by atoms with E-state index in [1.54, 1.807) is 6.92 Å². The molecule has 0 radical (unpaired) electrons. The summed E-state index contributed by atoms with van der Waals surface area (Å²) in [6, 6.07) is 0. The summed E-state index contributed by atoms with van der Waals surface area (Å²) in [6.07, 6.45) is -0.00885. The highest BCUT2D eigenvalue weighted by Gasteiger charge is 2.45. The lowest BCUT2D eigenvalue weighted by Gasteiger charge is -2.41. The molecule has 8 nitrogen and oxygen atoms in total. The number of allylic oxidation sites excluding steroid dienone is 2. The van der Waals surface area contributed by atoms with Crippen LogP contribution in [0.5, 0.6) is 0 Å². The van der Waals surface area contributed by atoms with Gasteiger partial charge in [0.2, 0.25) is 0 Å². The zero-order valence-electron chi connectivity index (χ0n) is 19.2. The van der Waals surface area contributed by atoms with Crippen molar-refractivity contribution in [3.63, 3.8) is 0 Å². The van der Waals surface area contributed by atoms with Crippen LogP contribution >= 0.6 is 0 Å². The van der Waals surface area contributed by atoms with E-state index in [2.05, 4.69) is 6.58 Å². The number of esters is 1. The lowest BCUT2D eigenvalue weighted by atomic mass is 9.98. The van der Waals surface area contributed by atoms with Crippen LogP contribution in [0.3, 0.4) is 0 Å². The van der Waals surface area contributed by atoms with Gasteiger partial charge in [0.25, 0.3) is 0 Å². The summed E-state index contributed by atoms with van der Waals surface area (Å²) in [4.78, 5) is 11.1. The van der Waals surface area contributed by atoms with Crippen LogP contribution in [0, 0.1) is 0 Å². The van der Waals surface area contributed by atoms with Crippen molar-refractivity contribution in [3.8, 4) is 0 Å². The van der Waals surface area contributed by atoms with Crippen molar-refractivity contribution in [1.82, 2.24) is 0 Å². The Balaban J connectivity index is 2.85. The molecular formula is C23H38O8. The Labute approximate surface area is 184 Å². The summed E-state index contributed by atoms with van der Waals surface area (Å²) < 4.78 is 16.4. The van der Waals surface area contributed by atoms with Crippen molar-refractivity contribution in [3.05, 3.63) is 36.0 Å². The van der Waals surface area contributed by atoms with Gasteiger partial charge in [-0.15, -0.1) is 6.58 Å². The van der Waals surface area contributed by atoms with Crippen molar-refractivity contribution < 1.29 is 39.4 Å². The third-order valence-electron chi connectivity index (χ3n) is 5.05. The van der Waals surface area contributed by atoms with Gasteiger partial charge in [0.15, 0.2) is 6.29 Å². The number of rotatable bonds is 11. The predicted octanol–water partition coefficient (Wildman–Crippen LogP) is 1.76. The number of hydrogen-bond donors (Lipinski definition) is 4. The summed E-state index contributed by atoms with van der Waals surface area (Å²) in [7, 11) is 0. The molecule has 4 N–H and O–H groups in total. The molecule has 1 saturated heterocycles. The minimum Gasteiger partial charge on any atom is -0.463 e. The van der Waals surface area contributed by atoms with Crippen LogP contribution in [0.4, 0.5) is 0 Å². The van der Waals surface area contributed by atoms with Gasteiger partial charge in [-0.1, -0.05) is 29.4 Å². The van der Waals surface area contributed by atoms with Crippen molar-refractivity contribution in [2.75, 3.05) is 6.61 Å². The molecule has 1 aliphatic rings. The average molecular weight is 443 g/mol. The maximum absolute atomic E-state index is 11.1. The van der Waals surface area contributed by atoms with Crippen LogP contribution in [0.15, 0.2) is 36.0 Å². The Kier molecular flexibility index (Phi) is 11.1. The smallest absolute Gasteiger partial charge is 0.302 e. The topological polar surface area (TPSA) is 126 Å². The maximum Gasteiger partial charge on any atom is 0.302 e. The Hall–Kier alpha value is -1.55. The lowest BCUT2D eigenvalue weighted by molar-refractivity contribution is -0.308. The summed E-state index contributed by atoms with van der Waals surface area (Å²) in [5.74, 6) is -0.549. The second-order valence-corrected chi connectivity index (χ2v) is 8.59. The average Bonchev–Trinajstić information content (AvgIpc) is 2.66. The van der Waals surface area contributed by atoms with E-state index in [-0.39, 0.29) is 6.61 Å². The SMILES string of the molecule is C=C[C@@](C)(O)CC/C=C(\C)C[C@@H](C=C(C)C)O[C@@H]1O[C@H](COC(C)=O)[C@@H](O)[C@H](O)[C@H]1O. The fraction of sp³-hybridized carbons (Fsp3) is 0.696. The van der Waals surface area contributed by atoms with Gasteiger partial charge in [-0.05, 0) is 47.0 Å². The third-order valence-corrected chi connectivity index (χ3v) is 5.05. The summed E-state index contributed by atoms with van der Waals surface area (Å²) in [5, 5.41) is 40.7. The molecule has 178 valence electrons. The first-order chi connectivity index (χ1) is 14.4. The van der Waals surface area contributed by atoms with E-state index in [4.69, 9.17) is 14.2 Å². The van der Waals surface area contributed by atoms with E-state index >= 15 is 0 Å². The molecule has 7 atom stereocenters. The summed E-state index contributed by atoms with van der Waals surface area (Å²) >= 11 is 0. The van der Waals surface area contributed by atoms with E-state index in [9.17, 15) is 25.2 Å². The maximum atomic E-state index is 11.1. The Morgan fingerprint density at radius 3 is 2.35 bits per heavy atom. The quantitative estimate of drug-likeness (QED) is 0.282. The number of aliphatic hydroxyl groups excluding tert-OH is 3. The predicted molar refractivity (Wildman–Crippen MR) is 116 cm³/mol. The number of carbonyl (C=O) groups is 1. The molecule has 0 aromatic heterocycles. The van der Waals surface area contributed by atoms with E-state index < -0.39 is 48.4 Å². The molecule has 1 aliphatic heterocycles. The number of hydrogen-bond acceptors (Lipinski definition) is 8. The van der Waals surface area contributed by atoms with E-state index in [0.29, 0.717) is 19.3 Å². The van der Waals surface area contributed by atoms with Gasteiger partial charge in [-0.25, -0.2) is 0 Å². The fourth-order valence-electron chi connectivity index (χ4n) is 3.17. The fourth-order valence-corrected chi connectivity index (χ4v) is 3.17. The first-order valence-electron chi connectivity index (χ1n) is 10.5. The molecule has 0 unspecified atom stereocenters. The van der Waals surface area contributed by atoms with Crippen LogP contribution in [-0.4, -0.2) is 75.4 Å². The van der Waals surface area contributed by atoms with E-state index in [1.165, 1.54) is 13.0 Å². The van der Waals surface area contributed by atoms with Crippen molar-refractivity contribution >= 4 is 5.97 Å². The Morgan fingerprint density at radius 1 is 1.16 bits per heavy atom. The van der Waals surface area contributed by atoms with E-state index in [0.717, 1.165) is 11.1 Å². The lowest BCUT2D eigenvalue weighted by Crippen LogP contribution is -2.59. The first-order valence-corrected chi connectivity index (χ1v) is 10.5. The Bertz CT molecular complexity index is 650. The first kappa shape index (κ1) is 27.5. The van der Waals surface area contributed by atoms with Gasteiger partial charge in [0, 0.05) is 6.92 Å². The van der Waals surface area contributed by atoms with Crippen LogP contribution in [0.1, 0.15) is 53.9 Å². The van der Waals surface area contributed by atoms with Crippen molar-refractivity contribution in [2.24, 2.45) is 0 Å². The van der Waals surface area contributed by atoms with Crippen LogP contribution in [0.25, 0.3) is 0 Å². The van der Waals surface area contributed by atoms with Gasteiger partial charge in [0.1, 0.15) is 31.0 Å². The zero-order valence-corrected chi connectivity index (χ0v) is 19.2. The van der Waals surface area contributed by atoms with Gasteiger partial charge in [-0.2, -0.15) is 0 Å². The van der Waals surface area contributed by atoms with Gasteiger partial charge in [0.05, 0.1) is 11.7 Å². The second kappa shape index (κ2) is 12.5. The molecule has 1 heterocycles. The standard InChI is InChI=1S/C23H38O8/c1-7-23(6,28)10-8-9-15(4)12-17(11-14(2)3)30-22-21(27)20(26)19(25)18(31-22)13-29-16(5)24/h7,9,11,17-22,25-28H,1,8,10,12-13H2,2-6H3/b15-9+/t17-,18-,19-,20+,21-,22-,23-/m1/s1. The molecule has 1 rings (SSSR count). The van der Waals surface area contributed by atoms with Gasteiger partial charge < -0.3 is 34.6 Å². The highest BCUT2D eigenvalue weighted by molar-refractivity contribution is 5.65. The number of ether oxygens (including phenoxy) is 3. The van der Waals surface area contributed by atoms with Crippen molar-refractivity contribution in [2.45, 2.75) is 96.3 Å². The molecule has 8 heteroatoms. The molecule has 0 spiro atoms. The molecule has 0 bridgehead atoms. The van der Waals surface area contributed by atoms with Gasteiger partial charge >= 0.3 is 5.97 Å². The largest absolute Gasteiger partial charge is 0.463 e. The van der Waals surface area contributed by atoms with Gasteiger partial charge in [-0.3, -0.25) is 4.79 Å². The molecule has 1 fully saturated rings. The van der Waals surface area contributed by atoms with Crippen LogP contribution in [-0.2, 0) is 19.0 Å². The Morgan fingerprint density at radius 2 is 1.81 bits per heavy atom. The molecule has 0 aromatic rings. The highest BCUT2D eigenvalue weighted by Crippen LogP contribution is 2.26. The molecule has 0 saturated carbocycles. The molecule has 31 heavy (non-hydrogen) atoms.